The van der Waals surface area contributed by atoms with Crippen molar-refractivity contribution in [1.82, 2.24) is 0 Å². The molecule has 0 aliphatic rings. The summed E-state index contributed by atoms with van der Waals surface area (Å²) >= 11 is 0. The lowest BCUT2D eigenvalue weighted by atomic mass is 9.84. The lowest BCUT2D eigenvalue weighted by Gasteiger charge is -2.31. The molecule has 7 heteroatoms. The van der Waals surface area contributed by atoms with E-state index in [1.807, 2.05) is 0 Å². The van der Waals surface area contributed by atoms with Crippen LogP contribution in [0.3, 0.4) is 0 Å². The number of carbonyl (C=O) groups excluding carboxylic acids is 1. The van der Waals surface area contributed by atoms with Crippen LogP contribution >= 0.6 is 0 Å². The highest BCUT2D eigenvalue weighted by molar-refractivity contribution is 5.56. The second kappa shape index (κ2) is 33.9. The Balaban J connectivity index is 4.42. The van der Waals surface area contributed by atoms with Crippen LogP contribution < -0.4 is 0 Å². The molecule has 6 N–H and O–H groups in total. The Hall–Kier alpha value is -0.570. The molecule has 0 amide bonds. The van der Waals surface area contributed by atoms with Gasteiger partial charge in [0.15, 0.2) is 6.29 Å². The maximum Gasteiger partial charge on any atom is 0.151 e. The van der Waals surface area contributed by atoms with Crippen molar-refractivity contribution in [3.05, 3.63) is 0 Å². The van der Waals surface area contributed by atoms with Gasteiger partial charge in [0.1, 0.15) is 24.4 Å². The summed E-state index contributed by atoms with van der Waals surface area (Å²) in [7, 11) is 0. The van der Waals surface area contributed by atoms with E-state index in [1.165, 1.54) is 135 Å². The first-order chi connectivity index (χ1) is 22.8. The first kappa shape index (κ1) is 46.4. The Morgan fingerprint density at radius 3 is 1.04 bits per heavy atom. The first-order valence-electron chi connectivity index (χ1n) is 20.3. The number of hydrogen-bond acceptors (Lipinski definition) is 7. The van der Waals surface area contributed by atoms with E-state index in [-0.39, 0.29) is 18.6 Å². The molecule has 0 spiro atoms. The van der Waals surface area contributed by atoms with Gasteiger partial charge in [-0.15, -0.1) is 0 Å². The van der Waals surface area contributed by atoms with Gasteiger partial charge in [0, 0.05) is 0 Å². The minimum absolute atomic E-state index is 0.0834. The molecule has 0 aromatic heterocycles. The van der Waals surface area contributed by atoms with Crippen LogP contribution in [0.5, 0.6) is 0 Å². The Labute approximate surface area is 290 Å². The maximum atomic E-state index is 11.1. The molecule has 282 valence electrons. The summed E-state index contributed by atoms with van der Waals surface area (Å²) in [4.78, 5) is 10.8. The van der Waals surface area contributed by atoms with Crippen molar-refractivity contribution in [2.75, 3.05) is 0 Å². The monoisotopic (exact) mass is 673 g/mol. The van der Waals surface area contributed by atoms with Crippen LogP contribution in [0.15, 0.2) is 0 Å². The highest BCUT2D eigenvalue weighted by Gasteiger charge is 2.36. The molecule has 0 aliphatic heterocycles. The predicted molar refractivity (Wildman–Crippen MR) is 195 cm³/mol. The van der Waals surface area contributed by atoms with E-state index < -0.39 is 36.6 Å². The van der Waals surface area contributed by atoms with E-state index >= 15 is 0 Å². The minimum Gasteiger partial charge on any atom is -0.393 e. The molecule has 0 saturated carbocycles. The SMILES string of the molecule is CCCCCCCCCCCCCCCCCC(O)C(CCCCCCCCCCCCCC)CC(O)[C@@H](O)[C@@H](O)[C@H](O)[C@@H](O)C=O. The van der Waals surface area contributed by atoms with Gasteiger partial charge in [0.2, 0.25) is 0 Å². The Kier molecular flexibility index (Phi) is 33.5. The predicted octanol–water partition coefficient (Wildman–Crippen LogP) is 8.71. The van der Waals surface area contributed by atoms with Gasteiger partial charge in [0.25, 0.3) is 0 Å². The van der Waals surface area contributed by atoms with Gasteiger partial charge in [0.05, 0.1) is 12.2 Å². The molecule has 0 rings (SSSR count). The van der Waals surface area contributed by atoms with Crippen molar-refractivity contribution in [2.45, 2.75) is 243 Å². The van der Waals surface area contributed by atoms with Crippen LogP contribution in [-0.4, -0.2) is 73.5 Å². The van der Waals surface area contributed by atoms with Gasteiger partial charge in [-0.05, 0) is 25.2 Å². The summed E-state index contributed by atoms with van der Waals surface area (Å²) in [6.07, 6.45) is 26.4. The van der Waals surface area contributed by atoms with Crippen molar-refractivity contribution in [3.8, 4) is 0 Å². The molecule has 0 bridgehead atoms. The zero-order chi connectivity index (χ0) is 35.0. The van der Waals surface area contributed by atoms with Crippen LogP contribution in [0.4, 0.5) is 0 Å². The Bertz CT molecular complexity index is 648. The largest absolute Gasteiger partial charge is 0.393 e. The van der Waals surface area contributed by atoms with Gasteiger partial charge < -0.3 is 35.4 Å². The second-order valence-corrected chi connectivity index (χ2v) is 14.6. The first-order valence-corrected chi connectivity index (χ1v) is 20.3. The fourth-order valence-corrected chi connectivity index (χ4v) is 6.84. The van der Waals surface area contributed by atoms with Gasteiger partial charge in [-0.1, -0.05) is 187 Å². The molecule has 0 aromatic rings. The standard InChI is InChI=1S/C40H80O7/c1-3-5-7-9-11-13-15-17-18-19-21-23-25-27-29-31-35(42)34(32-36(43)38(45)40(47)39(46)37(44)33-41)30-28-26-24-22-20-16-14-12-10-8-6-4-2/h33-40,42-47H,3-32H2,1-2H3/t34?,35?,36?,37-,38+,39+,40+/m0/s1. The number of aliphatic hydroxyl groups excluding tert-OH is 6. The van der Waals surface area contributed by atoms with Gasteiger partial charge >= 0.3 is 0 Å². The quantitative estimate of drug-likeness (QED) is 0.0287. The van der Waals surface area contributed by atoms with E-state index in [0.717, 1.165) is 44.9 Å². The summed E-state index contributed by atoms with van der Waals surface area (Å²) in [6, 6.07) is 0. The summed E-state index contributed by atoms with van der Waals surface area (Å²) in [5.74, 6) is -0.241. The third-order valence-corrected chi connectivity index (χ3v) is 10.2. The van der Waals surface area contributed by atoms with E-state index in [1.54, 1.807) is 0 Å². The Morgan fingerprint density at radius 2 is 0.702 bits per heavy atom. The molecule has 0 saturated heterocycles. The number of unbranched alkanes of at least 4 members (excludes halogenated alkanes) is 25. The topological polar surface area (TPSA) is 138 Å². The highest BCUT2D eigenvalue weighted by Crippen LogP contribution is 2.26. The molecule has 0 aromatic carbocycles. The average molecular weight is 673 g/mol. The highest BCUT2D eigenvalue weighted by atomic mass is 16.4. The maximum absolute atomic E-state index is 11.1. The van der Waals surface area contributed by atoms with E-state index in [2.05, 4.69) is 13.8 Å². The average Bonchev–Trinajstić information content (AvgIpc) is 3.08. The fraction of sp³-hybridized carbons (Fsp3) is 0.975. The van der Waals surface area contributed by atoms with Gasteiger partial charge in [-0.25, -0.2) is 0 Å². The number of rotatable bonds is 37. The van der Waals surface area contributed by atoms with Gasteiger partial charge in [-0.2, -0.15) is 0 Å². The molecule has 0 aliphatic carbocycles. The molecule has 0 radical (unpaired) electrons. The van der Waals surface area contributed by atoms with Crippen LogP contribution in [0, 0.1) is 5.92 Å². The summed E-state index contributed by atoms with van der Waals surface area (Å²) in [5.41, 5.74) is 0. The fourth-order valence-electron chi connectivity index (χ4n) is 6.84. The third kappa shape index (κ3) is 26.9. The number of aldehydes is 1. The molecule has 3 unspecified atom stereocenters. The lowest BCUT2D eigenvalue weighted by molar-refractivity contribution is -0.147. The number of hydrogen-bond donors (Lipinski definition) is 6. The van der Waals surface area contributed by atoms with Gasteiger partial charge in [-0.3, -0.25) is 0 Å². The van der Waals surface area contributed by atoms with E-state index in [0.29, 0.717) is 6.42 Å². The summed E-state index contributed by atoms with van der Waals surface area (Å²) in [6.45, 7) is 4.51. The van der Waals surface area contributed by atoms with Crippen LogP contribution in [0.2, 0.25) is 0 Å². The zero-order valence-corrected chi connectivity index (χ0v) is 30.9. The smallest absolute Gasteiger partial charge is 0.151 e. The van der Waals surface area contributed by atoms with Crippen LogP contribution in [-0.2, 0) is 4.79 Å². The van der Waals surface area contributed by atoms with Crippen LogP contribution in [0.1, 0.15) is 206 Å². The van der Waals surface area contributed by atoms with E-state index in [4.69, 9.17) is 0 Å². The summed E-state index contributed by atoms with van der Waals surface area (Å²) in [5, 5.41) is 61.9. The molecular weight excluding hydrogens is 592 g/mol. The minimum atomic E-state index is -1.89. The summed E-state index contributed by atoms with van der Waals surface area (Å²) < 4.78 is 0. The van der Waals surface area contributed by atoms with Crippen molar-refractivity contribution in [1.29, 1.82) is 0 Å². The molecule has 7 nitrogen and oxygen atoms in total. The lowest BCUT2D eigenvalue weighted by Crippen LogP contribution is -2.50. The number of aliphatic hydroxyl groups is 6. The number of carbonyl (C=O) groups is 1. The molecule has 47 heavy (non-hydrogen) atoms. The normalized spacial score (nSPS) is 16.4. The Morgan fingerprint density at radius 1 is 0.383 bits per heavy atom. The molecule has 0 heterocycles. The van der Waals surface area contributed by atoms with Crippen molar-refractivity contribution < 1.29 is 35.4 Å². The molecule has 0 fully saturated rings. The third-order valence-electron chi connectivity index (χ3n) is 10.2. The van der Waals surface area contributed by atoms with Crippen molar-refractivity contribution in [3.63, 3.8) is 0 Å². The zero-order valence-electron chi connectivity index (χ0n) is 30.9. The van der Waals surface area contributed by atoms with E-state index in [9.17, 15) is 35.4 Å². The van der Waals surface area contributed by atoms with Crippen molar-refractivity contribution >= 4 is 6.29 Å². The van der Waals surface area contributed by atoms with Crippen molar-refractivity contribution in [2.24, 2.45) is 5.92 Å². The second-order valence-electron chi connectivity index (χ2n) is 14.6. The molecule has 7 atom stereocenters. The molecular formula is C40H80O7. The van der Waals surface area contributed by atoms with Crippen LogP contribution in [0.25, 0.3) is 0 Å².